The van der Waals surface area contributed by atoms with Crippen LogP contribution in [0.3, 0.4) is 0 Å². The highest BCUT2D eigenvalue weighted by Gasteiger charge is 2.12. The summed E-state index contributed by atoms with van der Waals surface area (Å²) in [6.07, 6.45) is 10.4. The Labute approximate surface area is 135 Å². The van der Waals surface area contributed by atoms with E-state index in [2.05, 4.69) is 41.2 Å². The lowest BCUT2D eigenvalue weighted by atomic mass is 10.1. The molecule has 0 aromatic carbocycles. The maximum atomic E-state index is 4.43. The van der Waals surface area contributed by atoms with E-state index in [0.29, 0.717) is 5.65 Å². The van der Waals surface area contributed by atoms with Crippen LogP contribution in [0.2, 0.25) is 0 Å². The molecule has 0 fully saturated rings. The lowest BCUT2D eigenvalue weighted by Crippen LogP contribution is -1.85. The van der Waals surface area contributed by atoms with Gasteiger partial charge in [0, 0.05) is 46.7 Å². The van der Waals surface area contributed by atoms with Gasteiger partial charge in [0.05, 0.1) is 23.1 Å². The number of aromatic nitrogens is 7. The van der Waals surface area contributed by atoms with E-state index in [9.17, 15) is 0 Å². The molecule has 5 rings (SSSR count). The summed E-state index contributed by atoms with van der Waals surface area (Å²) < 4.78 is 0. The van der Waals surface area contributed by atoms with Crippen molar-refractivity contribution in [2.75, 3.05) is 0 Å². The van der Waals surface area contributed by atoms with E-state index in [4.69, 9.17) is 0 Å². The zero-order valence-electron chi connectivity index (χ0n) is 12.4. The van der Waals surface area contributed by atoms with Gasteiger partial charge in [-0.05, 0) is 18.2 Å². The van der Waals surface area contributed by atoms with Crippen LogP contribution in [0.25, 0.3) is 44.5 Å². The zero-order chi connectivity index (χ0) is 15.9. The second-order valence-corrected chi connectivity index (χ2v) is 5.47. The van der Waals surface area contributed by atoms with Gasteiger partial charge in [0.25, 0.3) is 0 Å². The van der Waals surface area contributed by atoms with Gasteiger partial charge in [0.15, 0.2) is 5.65 Å². The number of H-pyrrole nitrogens is 2. The van der Waals surface area contributed by atoms with Gasteiger partial charge < -0.3 is 4.98 Å². The molecule has 7 heteroatoms. The molecular weight excluding hydrogens is 302 g/mol. The van der Waals surface area contributed by atoms with Crippen LogP contribution in [-0.4, -0.2) is 35.1 Å². The number of hydrogen-bond acceptors (Lipinski definition) is 5. The molecule has 0 aliphatic carbocycles. The Morgan fingerprint density at radius 2 is 1.79 bits per heavy atom. The highest BCUT2D eigenvalue weighted by Crippen LogP contribution is 2.30. The normalized spacial score (nSPS) is 11.3. The van der Waals surface area contributed by atoms with Gasteiger partial charge in [-0.15, -0.1) is 0 Å². The first-order chi connectivity index (χ1) is 11.9. The van der Waals surface area contributed by atoms with Crippen molar-refractivity contribution in [1.82, 2.24) is 35.1 Å². The molecule has 0 radical (unpaired) electrons. The molecule has 0 amide bonds. The summed E-state index contributed by atoms with van der Waals surface area (Å²) in [7, 11) is 0. The van der Waals surface area contributed by atoms with Crippen molar-refractivity contribution in [2.45, 2.75) is 0 Å². The Morgan fingerprint density at radius 3 is 2.67 bits per heavy atom. The maximum Gasteiger partial charge on any atom is 0.181 e. The van der Waals surface area contributed by atoms with Gasteiger partial charge in [-0.3, -0.25) is 10.1 Å². The third-order valence-corrected chi connectivity index (χ3v) is 4.00. The van der Waals surface area contributed by atoms with Crippen molar-refractivity contribution in [3.8, 4) is 22.5 Å². The topological polar surface area (TPSA) is 96.0 Å². The molecule has 0 spiro atoms. The standard InChI is InChI=1S/C17H11N7/c1-2-18-8-15-10(1)4-14(22-15)16-13-3-11(7-21-17(13)24-23-16)12-5-19-9-20-6-12/h1-9,22H,(H,21,23,24). The molecule has 0 aliphatic rings. The largest absolute Gasteiger partial charge is 0.352 e. The minimum Gasteiger partial charge on any atom is -0.352 e. The second kappa shape index (κ2) is 4.95. The van der Waals surface area contributed by atoms with Crippen molar-refractivity contribution in [3.63, 3.8) is 0 Å². The third kappa shape index (κ3) is 1.95. The summed E-state index contributed by atoms with van der Waals surface area (Å²) in [5.41, 5.74) is 5.36. The summed E-state index contributed by atoms with van der Waals surface area (Å²) in [4.78, 5) is 20.1. The van der Waals surface area contributed by atoms with E-state index >= 15 is 0 Å². The average molecular weight is 313 g/mol. The van der Waals surface area contributed by atoms with Crippen LogP contribution >= 0.6 is 0 Å². The molecule has 0 unspecified atom stereocenters. The average Bonchev–Trinajstić information content (AvgIpc) is 3.25. The Bertz CT molecular complexity index is 1120. The van der Waals surface area contributed by atoms with Crippen molar-refractivity contribution in [1.29, 1.82) is 0 Å². The number of nitrogens with zero attached hydrogens (tertiary/aromatic N) is 5. The minimum atomic E-state index is 0.669. The molecule has 24 heavy (non-hydrogen) atoms. The predicted molar refractivity (Wildman–Crippen MR) is 90.0 cm³/mol. The van der Waals surface area contributed by atoms with E-state index in [0.717, 1.165) is 38.8 Å². The first-order valence-corrected chi connectivity index (χ1v) is 7.41. The van der Waals surface area contributed by atoms with Gasteiger partial charge in [0.1, 0.15) is 6.33 Å². The van der Waals surface area contributed by atoms with Crippen molar-refractivity contribution in [2.24, 2.45) is 0 Å². The molecule has 2 N–H and O–H groups in total. The van der Waals surface area contributed by atoms with Crippen LogP contribution in [0.5, 0.6) is 0 Å². The van der Waals surface area contributed by atoms with Crippen LogP contribution in [0.1, 0.15) is 0 Å². The molecule has 0 aliphatic heterocycles. The van der Waals surface area contributed by atoms with Gasteiger partial charge in [-0.2, -0.15) is 5.10 Å². The second-order valence-electron chi connectivity index (χ2n) is 5.47. The Morgan fingerprint density at radius 1 is 0.875 bits per heavy atom. The minimum absolute atomic E-state index is 0.669. The summed E-state index contributed by atoms with van der Waals surface area (Å²) in [6.45, 7) is 0. The first kappa shape index (κ1) is 12.9. The van der Waals surface area contributed by atoms with Crippen LogP contribution < -0.4 is 0 Å². The van der Waals surface area contributed by atoms with Gasteiger partial charge in [0.2, 0.25) is 0 Å². The molecule has 7 nitrogen and oxygen atoms in total. The Balaban J connectivity index is 1.71. The summed E-state index contributed by atoms with van der Waals surface area (Å²) >= 11 is 0. The van der Waals surface area contributed by atoms with Gasteiger partial charge >= 0.3 is 0 Å². The number of pyridine rings is 2. The molecule has 0 saturated heterocycles. The lowest BCUT2D eigenvalue weighted by Gasteiger charge is -2.00. The SMILES string of the molecule is c1cc2cc(-c3[nH]nc4ncc(-c5cncnc5)cc34)[nH]c2cn1. The Kier molecular flexibility index (Phi) is 2.66. The quantitative estimate of drug-likeness (QED) is 0.522. The highest BCUT2D eigenvalue weighted by atomic mass is 15.2. The summed E-state index contributed by atoms with van der Waals surface area (Å²) in [5, 5.41) is 9.41. The fraction of sp³-hybridized carbons (Fsp3) is 0. The van der Waals surface area contributed by atoms with E-state index in [1.54, 1.807) is 24.8 Å². The van der Waals surface area contributed by atoms with Gasteiger partial charge in [-0.25, -0.2) is 15.0 Å². The van der Waals surface area contributed by atoms with Crippen LogP contribution in [0.15, 0.2) is 55.5 Å². The predicted octanol–water partition coefficient (Wildman–Crippen LogP) is 2.96. The monoisotopic (exact) mass is 313 g/mol. The molecule has 5 heterocycles. The van der Waals surface area contributed by atoms with E-state index in [-0.39, 0.29) is 0 Å². The number of aromatic amines is 2. The molecule has 0 saturated carbocycles. The van der Waals surface area contributed by atoms with Crippen molar-refractivity contribution >= 4 is 21.9 Å². The fourth-order valence-corrected chi connectivity index (χ4v) is 2.82. The molecule has 114 valence electrons. The van der Waals surface area contributed by atoms with Crippen molar-refractivity contribution in [3.05, 3.63) is 55.5 Å². The molecule has 0 bridgehead atoms. The first-order valence-electron chi connectivity index (χ1n) is 7.41. The molecule has 5 aromatic rings. The number of fused-ring (bicyclic) bond motifs is 2. The van der Waals surface area contributed by atoms with Crippen LogP contribution in [0.4, 0.5) is 0 Å². The highest BCUT2D eigenvalue weighted by molar-refractivity contribution is 5.95. The van der Waals surface area contributed by atoms with Crippen molar-refractivity contribution < 1.29 is 0 Å². The molecule has 5 aromatic heterocycles. The third-order valence-electron chi connectivity index (χ3n) is 4.00. The zero-order valence-corrected chi connectivity index (χ0v) is 12.4. The lowest BCUT2D eigenvalue weighted by molar-refractivity contribution is 1.10. The number of hydrogen-bond donors (Lipinski definition) is 2. The van der Waals surface area contributed by atoms with Crippen LogP contribution in [0, 0.1) is 0 Å². The summed E-state index contributed by atoms with van der Waals surface area (Å²) in [6, 6.07) is 6.09. The van der Waals surface area contributed by atoms with Crippen LogP contribution in [-0.2, 0) is 0 Å². The summed E-state index contributed by atoms with van der Waals surface area (Å²) in [5.74, 6) is 0. The van der Waals surface area contributed by atoms with Gasteiger partial charge in [-0.1, -0.05) is 0 Å². The van der Waals surface area contributed by atoms with E-state index < -0.39 is 0 Å². The molecule has 0 atom stereocenters. The van der Waals surface area contributed by atoms with E-state index in [1.165, 1.54) is 6.33 Å². The number of nitrogens with one attached hydrogen (secondary N) is 2. The molecular formula is C17H11N7. The smallest absolute Gasteiger partial charge is 0.181 e. The maximum absolute atomic E-state index is 4.43. The number of rotatable bonds is 2. The fourth-order valence-electron chi connectivity index (χ4n) is 2.82. The Hall–Kier alpha value is -3.61. The van der Waals surface area contributed by atoms with E-state index in [1.807, 2.05) is 18.3 Å².